The molecule has 279 valence electrons. The first-order chi connectivity index (χ1) is 26.2. The van der Waals surface area contributed by atoms with Crippen LogP contribution in [-0.2, 0) is 5.41 Å². The Morgan fingerprint density at radius 3 is 1.35 bits per heavy atom. The van der Waals surface area contributed by atoms with Gasteiger partial charge in [-0.05, 0) is 37.0 Å². The number of ether oxygens (including phenoxy) is 1. The summed E-state index contributed by atoms with van der Waals surface area (Å²) in [7, 11) is 0.741. The summed E-state index contributed by atoms with van der Waals surface area (Å²) >= 11 is 0. The molecule has 7 rings (SSSR count). The van der Waals surface area contributed by atoms with Crippen molar-refractivity contribution in [1.29, 1.82) is 0 Å². The van der Waals surface area contributed by atoms with Crippen LogP contribution >= 0.6 is 7.14 Å². The van der Waals surface area contributed by atoms with Crippen molar-refractivity contribution in [1.82, 2.24) is 5.23 Å². The summed E-state index contributed by atoms with van der Waals surface area (Å²) in [6.07, 6.45) is 0. The van der Waals surface area contributed by atoms with Crippen molar-refractivity contribution in [3.63, 3.8) is 0 Å². The van der Waals surface area contributed by atoms with Crippen LogP contribution in [0.5, 0.6) is 11.5 Å². The topological polar surface area (TPSA) is 21.3 Å². The molecule has 1 heterocycles. The third-order valence-electron chi connectivity index (χ3n) is 10.00. The number of benzene rings is 6. The van der Waals surface area contributed by atoms with E-state index in [1.807, 2.05) is 73.9 Å². The third-order valence-corrected chi connectivity index (χ3v) is 14.0. The Kier molecular flexibility index (Phi) is 9.88. The average Bonchev–Trinajstić information content (AvgIpc) is 3.20. The van der Waals surface area contributed by atoms with Gasteiger partial charge in [0.25, 0.3) is 0 Å². The second-order valence-corrected chi connectivity index (χ2v) is 16.5. The first-order valence-electron chi connectivity index (χ1n) is 16.7. The van der Waals surface area contributed by atoms with E-state index in [2.05, 4.69) is 5.23 Å². The smallest absolute Gasteiger partial charge is 0.200 e. The lowest BCUT2D eigenvalue weighted by Crippen LogP contribution is -2.59. The molecular weight excluding hydrogens is 753 g/mol. The van der Waals surface area contributed by atoms with Gasteiger partial charge in [-0.3, -0.25) is 0 Å². The minimum Gasteiger partial charge on any atom is -0.504 e. The van der Waals surface area contributed by atoms with E-state index in [1.165, 1.54) is 12.1 Å². The zero-order valence-corrected chi connectivity index (χ0v) is 29.9. The lowest BCUT2D eigenvalue weighted by atomic mass is 9.35. The number of nitrogens with one attached hydrogen (secondary N) is 1. The molecule has 1 aliphatic heterocycles. The summed E-state index contributed by atoms with van der Waals surface area (Å²) in [5, 5.41) is 5.47. The molecule has 0 amide bonds. The molecule has 15 heteroatoms. The third kappa shape index (κ3) is 5.75. The van der Waals surface area contributed by atoms with Crippen molar-refractivity contribution in [2.75, 3.05) is 7.05 Å². The standard InChI is InChI=1S/C40H26B2F10NOP/c1-40(2)22-16-10-18-24(42(26-28(43)32(47)36(51)33(48)29(26)44)27-30(45)34(49)37(52)35(50)31(27)46)38(22)54-39-23(40)17-11-19-25(39)55(41-53-3,20-12-6-4-7-13-20)21-14-8-5-9-15-21/h4-19,53H,1-3H3/q-1. The van der Waals surface area contributed by atoms with Gasteiger partial charge in [-0.15, -0.1) is 0 Å². The largest absolute Gasteiger partial charge is 0.504 e. The van der Waals surface area contributed by atoms with Crippen LogP contribution in [0.25, 0.3) is 0 Å². The summed E-state index contributed by atoms with van der Waals surface area (Å²) < 4.78 is 158. The van der Waals surface area contributed by atoms with Gasteiger partial charge in [-0.2, -0.15) is 16.4 Å². The summed E-state index contributed by atoms with van der Waals surface area (Å²) in [6, 6.07) is 27.9. The molecular formula is C40H26B2F10NOP-. The molecule has 0 unspecified atom stereocenters. The van der Waals surface area contributed by atoms with Gasteiger partial charge in [-0.25, -0.2) is 43.9 Å². The molecule has 0 spiro atoms. The molecule has 55 heavy (non-hydrogen) atoms. The fourth-order valence-electron chi connectivity index (χ4n) is 7.41. The van der Waals surface area contributed by atoms with Crippen molar-refractivity contribution in [3.05, 3.63) is 166 Å². The van der Waals surface area contributed by atoms with Gasteiger partial charge in [0.05, 0.1) is 21.7 Å². The SMILES string of the molecule is CN[B-][P+](c1ccccc1)(c1ccccc1)c1cccc2c1Oc1c([B-](c3c(F)c(F)c(F)c(F)c3F)c3c(F)c(F)c(F)c(F)c3F)cccc1C2(C)C. The lowest BCUT2D eigenvalue weighted by Gasteiger charge is -2.44. The van der Waals surface area contributed by atoms with E-state index in [4.69, 9.17) is 4.74 Å². The molecule has 0 saturated carbocycles. The van der Waals surface area contributed by atoms with Crippen LogP contribution in [0, 0.1) is 58.2 Å². The van der Waals surface area contributed by atoms with Crippen molar-refractivity contribution in [2.45, 2.75) is 19.3 Å². The van der Waals surface area contributed by atoms with E-state index < -0.39 is 93.8 Å². The molecule has 0 atom stereocenters. The summed E-state index contributed by atoms with van der Waals surface area (Å²) in [5.74, 6) is -25.5. The number of para-hydroxylation sites is 2. The second kappa shape index (κ2) is 14.2. The Hall–Kier alpha value is -5.06. The number of halogens is 10. The fourth-order valence-corrected chi connectivity index (χ4v) is 11.2. The quantitative estimate of drug-likeness (QED) is 0.0588. The fraction of sp³-hybridized carbons (Fsp3) is 0.100. The highest BCUT2D eigenvalue weighted by Crippen LogP contribution is 2.58. The maximum Gasteiger partial charge on any atom is 0.200 e. The van der Waals surface area contributed by atoms with E-state index >= 15 is 17.6 Å². The molecule has 0 bridgehead atoms. The van der Waals surface area contributed by atoms with E-state index in [9.17, 15) is 26.3 Å². The molecule has 6 aromatic carbocycles. The Morgan fingerprint density at radius 2 is 0.909 bits per heavy atom. The van der Waals surface area contributed by atoms with E-state index in [0.717, 1.165) is 16.7 Å². The normalized spacial score (nSPS) is 13.4. The predicted molar refractivity (Wildman–Crippen MR) is 196 cm³/mol. The lowest BCUT2D eigenvalue weighted by molar-refractivity contribution is 0.382. The highest BCUT2D eigenvalue weighted by atomic mass is 31.2. The van der Waals surface area contributed by atoms with Gasteiger partial charge < -0.3 is 9.96 Å². The first kappa shape index (κ1) is 38.2. The number of rotatable bonds is 8. The van der Waals surface area contributed by atoms with Crippen LogP contribution < -0.4 is 42.3 Å². The number of hydrogen-bond acceptors (Lipinski definition) is 2. The van der Waals surface area contributed by atoms with Crippen LogP contribution in [0.2, 0.25) is 0 Å². The van der Waals surface area contributed by atoms with Crippen molar-refractivity contribution >= 4 is 53.3 Å². The first-order valence-corrected chi connectivity index (χ1v) is 18.5. The molecule has 0 fully saturated rings. The molecule has 0 aromatic heterocycles. The van der Waals surface area contributed by atoms with Crippen LogP contribution in [0.1, 0.15) is 25.0 Å². The Labute approximate surface area is 310 Å². The second-order valence-electron chi connectivity index (χ2n) is 13.3. The highest BCUT2D eigenvalue weighted by Gasteiger charge is 2.44. The Balaban J connectivity index is 1.59. The average molecular weight is 779 g/mol. The van der Waals surface area contributed by atoms with Gasteiger partial charge in [0, 0.05) is 23.7 Å². The zero-order chi connectivity index (χ0) is 39.6. The van der Waals surface area contributed by atoms with Crippen molar-refractivity contribution in [3.8, 4) is 11.5 Å². The molecule has 0 saturated heterocycles. The van der Waals surface area contributed by atoms with Crippen molar-refractivity contribution < 1.29 is 48.6 Å². The van der Waals surface area contributed by atoms with Gasteiger partial charge in [0.2, 0.25) is 0 Å². The van der Waals surface area contributed by atoms with Crippen LogP contribution in [-0.4, -0.2) is 20.9 Å². The van der Waals surface area contributed by atoms with Crippen LogP contribution in [0.3, 0.4) is 0 Å². The van der Waals surface area contributed by atoms with Gasteiger partial charge >= 0.3 is 0 Å². The molecule has 2 nitrogen and oxygen atoms in total. The predicted octanol–water partition coefficient (Wildman–Crippen LogP) is 7.07. The van der Waals surface area contributed by atoms with Crippen LogP contribution in [0.4, 0.5) is 43.9 Å². The Bertz CT molecular complexity index is 2320. The summed E-state index contributed by atoms with van der Waals surface area (Å²) in [4.78, 5) is 0. The molecule has 1 aliphatic rings. The van der Waals surface area contributed by atoms with E-state index in [-0.39, 0.29) is 17.1 Å². The van der Waals surface area contributed by atoms with E-state index in [0.29, 0.717) is 10.9 Å². The maximum absolute atomic E-state index is 15.8. The zero-order valence-electron chi connectivity index (χ0n) is 29.0. The number of fused-ring (bicyclic) bond motifs is 2. The summed E-state index contributed by atoms with van der Waals surface area (Å²) in [5.41, 5.74) is -4.67. The maximum atomic E-state index is 15.8. The molecule has 1 N–H and O–H groups in total. The molecule has 0 aliphatic carbocycles. The highest BCUT2D eigenvalue weighted by molar-refractivity contribution is 8.16. The minimum absolute atomic E-state index is 0.188. The molecule has 6 aromatic rings. The van der Waals surface area contributed by atoms with Crippen molar-refractivity contribution in [2.24, 2.45) is 0 Å². The minimum atomic E-state index is -2.89. The summed E-state index contributed by atoms with van der Waals surface area (Å²) in [6.45, 7) is 0.680. The molecule has 3 radical (unpaired) electrons. The number of hydrogen-bond donors (Lipinski definition) is 1. The van der Waals surface area contributed by atoms with E-state index in [1.54, 1.807) is 33.0 Å². The Morgan fingerprint density at radius 1 is 0.509 bits per heavy atom. The van der Waals surface area contributed by atoms with Crippen LogP contribution in [0.15, 0.2) is 97.1 Å². The van der Waals surface area contributed by atoms with Gasteiger partial charge in [0.1, 0.15) is 23.3 Å². The van der Waals surface area contributed by atoms with Gasteiger partial charge in [0.15, 0.2) is 40.7 Å². The monoisotopic (exact) mass is 779 g/mol. The van der Waals surface area contributed by atoms with Gasteiger partial charge in [-0.1, -0.05) is 94.8 Å².